The highest BCUT2D eigenvalue weighted by molar-refractivity contribution is 5.93. The van der Waals surface area contributed by atoms with Gasteiger partial charge in [0.25, 0.3) is 0 Å². The quantitative estimate of drug-likeness (QED) is 0.885. The number of ether oxygens (including phenoxy) is 1. The SMILES string of the molecule is O=C(Nc1cnn(C[C@@H]2CCCCO2)c1)C1CC1. The van der Waals surface area contributed by atoms with E-state index in [1.807, 2.05) is 10.9 Å². The molecule has 18 heavy (non-hydrogen) atoms. The molecule has 1 aromatic heterocycles. The lowest BCUT2D eigenvalue weighted by atomic mass is 10.1. The second-order valence-corrected chi connectivity index (χ2v) is 5.20. The Labute approximate surface area is 107 Å². The summed E-state index contributed by atoms with van der Waals surface area (Å²) in [6, 6.07) is 0. The molecule has 1 N–H and O–H groups in total. The van der Waals surface area contributed by atoms with Gasteiger partial charge in [-0.2, -0.15) is 5.10 Å². The Bertz CT molecular complexity index is 420. The molecule has 0 bridgehead atoms. The van der Waals surface area contributed by atoms with Gasteiger partial charge in [0, 0.05) is 18.7 Å². The van der Waals surface area contributed by atoms with Crippen molar-refractivity contribution in [3.8, 4) is 0 Å². The summed E-state index contributed by atoms with van der Waals surface area (Å²) in [6.07, 6.45) is 9.41. The molecule has 5 heteroatoms. The Kier molecular flexibility index (Phi) is 3.32. The van der Waals surface area contributed by atoms with Gasteiger partial charge in [-0.3, -0.25) is 9.48 Å². The maximum atomic E-state index is 11.6. The van der Waals surface area contributed by atoms with Gasteiger partial charge in [0.1, 0.15) is 0 Å². The van der Waals surface area contributed by atoms with Crippen molar-refractivity contribution in [3.05, 3.63) is 12.4 Å². The first-order chi connectivity index (χ1) is 8.81. The minimum absolute atomic E-state index is 0.128. The van der Waals surface area contributed by atoms with Gasteiger partial charge in [-0.05, 0) is 32.1 Å². The predicted molar refractivity (Wildman–Crippen MR) is 67.2 cm³/mol. The lowest BCUT2D eigenvalue weighted by molar-refractivity contribution is -0.117. The molecule has 0 radical (unpaired) electrons. The van der Waals surface area contributed by atoms with Gasteiger partial charge in [0.2, 0.25) is 5.91 Å². The third-order valence-corrected chi connectivity index (χ3v) is 3.51. The van der Waals surface area contributed by atoms with Crippen LogP contribution in [0.5, 0.6) is 0 Å². The molecule has 0 aromatic carbocycles. The van der Waals surface area contributed by atoms with Crippen LogP contribution in [-0.2, 0) is 16.1 Å². The van der Waals surface area contributed by atoms with Gasteiger partial charge >= 0.3 is 0 Å². The number of nitrogens with one attached hydrogen (secondary N) is 1. The van der Waals surface area contributed by atoms with E-state index in [1.165, 1.54) is 6.42 Å². The van der Waals surface area contributed by atoms with E-state index in [0.717, 1.165) is 44.5 Å². The Morgan fingerprint density at radius 3 is 3.06 bits per heavy atom. The van der Waals surface area contributed by atoms with Crippen molar-refractivity contribution in [3.63, 3.8) is 0 Å². The van der Waals surface area contributed by atoms with Crippen LogP contribution in [0.1, 0.15) is 32.1 Å². The fourth-order valence-corrected chi connectivity index (χ4v) is 2.28. The van der Waals surface area contributed by atoms with Crippen molar-refractivity contribution in [2.75, 3.05) is 11.9 Å². The highest BCUT2D eigenvalue weighted by atomic mass is 16.5. The lowest BCUT2D eigenvalue weighted by Crippen LogP contribution is -2.24. The van der Waals surface area contributed by atoms with Crippen molar-refractivity contribution >= 4 is 11.6 Å². The summed E-state index contributed by atoms with van der Waals surface area (Å²) in [5, 5.41) is 7.16. The maximum Gasteiger partial charge on any atom is 0.227 e. The first-order valence-electron chi connectivity index (χ1n) is 6.76. The summed E-state index contributed by atoms with van der Waals surface area (Å²) < 4.78 is 7.53. The number of nitrogens with zero attached hydrogens (tertiary/aromatic N) is 2. The van der Waals surface area contributed by atoms with Crippen LogP contribution >= 0.6 is 0 Å². The van der Waals surface area contributed by atoms with Crippen LogP contribution in [-0.4, -0.2) is 28.4 Å². The van der Waals surface area contributed by atoms with E-state index in [-0.39, 0.29) is 17.9 Å². The molecule has 1 atom stereocenters. The molecule has 1 aromatic rings. The minimum Gasteiger partial charge on any atom is -0.376 e. The monoisotopic (exact) mass is 249 g/mol. The average molecular weight is 249 g/mol. The molecular formula is C13H19N3O2. The fourth-order valence-electron chi connectivity index (χ4n) is 2.28. The second-order valence-electron chi connectivity index (χ2n) is 5.20. The van der Waals surface area contributed by atoms with Crippen LogP contribution in [0.4, 0.5) is 5.69 Å². The highest BCUT2D eigenvalue weighted by Gasteiger charge is 2.29. The van der Waals surface area contributed by atoms with Crippen molar-refractivity contribution in [1.82, 2.24) is 9.78 Å². The molecule has 1 saturated heterocycles. The summed E-state index contributed by atoms with van der Waals surface area (Å²) in [6.45, 7) is 1.64. The number of anilines is 1. The molecule has 1 aliphatic heterocycles. The molecule has 2 heterocycles. The Morgan fingerprint density at radius 1 is 1.44 bits per heavy atom. The van der Waals surface area contributed by atoms with Crippen molar-refractivity contribution in [2.24, 2.45) is 5.92 Å². The zero-order valence-electron chi connectivity index (χ0n) is 10.5. The molecule has 2 fully saturated rings. The molecule has 1 saturated carbocycles. The van der Waals surface area contributed by atoms with E-state index in [4.69, 9.17) is 4.74 Å². The number of aromatic nitrogens is 2. The smallest absolute Gasteiger partial charge is 0.227 e. The summed E-state index contributed by atoms with van der Waals surface area (Å²) in [5.41, 5.74) is 0.794. The molecule has 5 nitrogen and oxygen atoms in total. The predicted octanol–water partition coefficient (Wildman–Crippen LogP) is 1.80. The summed E-state index contributed by atoms with van der Waals surface area (Å²) in [7, 11) is 0. The lowest BCUT2D eigenvalue weighted by Gasteiger charge is -2.22. The highest BCUT2D eigenvalue weighted by Crippen LogP contribution is 2.30. The van der Waals surface area contributed by atoms with Gasteiger partial charge in [-0.1, -0.05) is 0 Å². The molecule has 0 spiro atoms. The largest absolute Gasteiger partial charge is 0.376 e. The van der Waals surface area contributed by atoms with E-state index >= 15 is 0 Å². The number of carbonyl (C=O) groups is 1. The van der Waals surface area contributed by atoms with Crippen LogP contribution in [0.2, 0.25) is 0 Å². The number of amides is 1. The zero-order valence-corrected chi connectivity index (χ0v) is 10.5. The number of rotatable bonds is 4. The third kappa shape index (κ3) is 2.90. The van der Waals surface area contributed by atoms with Gasteiger partial charge < -0.3 is 10.1 Å². The van der Waals surface area contributed by atoms with E-state index in [9.17, 15) is 4.79 Å². The van der Waals surface area contributed by atoms with E-state index in [1.54, 1.807) is 6.20 Å². The normalized spacial score (nSPS) is 23.9. The second kappa shape index (κ2) is 5.10. The molecule has 0 unspecified atom stereocenters. The average Bonchev–Trinajstić information content (AvgIpc) is 3.15. The third-order valence-electron chi connectivity index (χ3n) is 3.51. The molecule has 98 valence electrons. The molecule has 1 amide bonds. The van der Waals surface area contributed by atoms with Crippen LogP contribution in [0.15, 0.2) is 12.4 Å². The Hall–Kier alpha value is -1.36. The van der Waals surface area contributed by atoms with Crippen LogP contribution in [0, 0.1) is 5.92 Å². The van der Waals surface area contributed by atoms with Crippen LogP contribution < -0.4 is 5.32 Å². The molecule has 3 rings (SSSR count). The number of carbonyl (C=O) groups excluding carboxylic acids is 1. The van der Waals surface area contributed by atoms with E-state index in [2.05, 4.69) is 10.4 Å². The molecular weight excluding hydrogens is 230 g/mol. The van der Waals surface area contributed by atoms with Crippen molar-refractivity contribution in [1.29, 1.82) is 0 Å². The van der Waals surface area contributed by atoms with Crippen molar-refractivity contribution in [2.45, 2.75) is 44.8 Å². The van der Waals surface area contributed by atoms with Crippen LogP contribution in [0.25, 0.3) is 0 Å². The summed E-state index contributed by atoms with van der Waals surface area (Å²) in [4.78, 5) is 11.6. The van der Waals surface area contributed by atoms with Gasteiger partial charge in [0.05, 0.1) is 24.5 Å². The van der Waals surface area contributed by atoms with E-state index in [0.29, 0.717) is 0 Å². The van der Waals surface area contributed by atoms with Gasteiger partial charge in [-0.15, -0.1) is 0 Å². The molecule has 1 aliphatic carbocycles. The summed E-state index contributed by atoms with van der Waals surface area (Å²) >= 11 is 0. The Morgan fingerprint density at radius 2 is 2.33 bits per heavy atom. The van der Waals surface area contributed by atoms with Crippen molar-refractivity contribution < 1.29 is 9.53 Å². The first-order valence-corrected chi connectivity index (χ1v) is 6.76. The minimum atomic E-state index is 0.128. The topological polar surface area (TPSA) is 56.2 Å². The maximum absolute atomic E-state index is 11.6. The number of hydrogen-bond acceptors (Lipinski definition) is 3. The van der Waals surface area contributed by atoms with Gasteiger partial charge in [0.15, 0.2) is 0 Å². The van der Waals surface area contributed by atoms with E-state index < -0.39 is 0 Å². The molecule has 2 aliphatic rings. The Balaban J connectivity index is 1.53. The number of hydrogen-bond donors (Lipinski definition) is 1. The standard InChI is InChI=1S/C13H19N3O2/c17-13(10-4-5-10)15-11-7-14-16(8-11)9-12-3-1-2-6-18-12/h7-8,10,12H,1-6,9H2,(H,15,17)/t12-/m0/s1. The zero-order chi connectivity index (χ0) is 12.4. The first kappa shape index (κ1) is 11.7. The summed E-state index contributed by atoms with van der Waals surface area (Å²) in [5.74, 6) is 0.360. The van der Waals surface area contributed by atoms with Gasteiger partial charge in [-0.25, -0.2) is 0 Å². The van der Waals surface area contributed by atoms with Crippen LogP contribution in [0.3, 0.4) is 0 Å². The fraction of sp³-hybridized carbons (Fsp3) is 0.692.